The van der Waals surface area contributed by atoms with E-state index in [0.29, 0.717) is 24.1 Å². The first-order chi connectivity index (χ1) is 17.9. The SMILES string of the molecule is Cc1cc(CN2CCC(N3C(=O)CC[C@H]3C(=O)Nc3cccc(C(=O)N4CCCC4)c3)CC2)ccc1Cl. The van der Waals surface area contributed by atoms with Crippen LogP contribution in [0.4, 0.5) is 5.69 Å². The van der Waals surface area contributed by atoms with E-state index < -0.39 is 6.04 Å². The van der Waals surface area contributed by atoms with Crippen LogP contribution >= 0.6 is 11.6 Å². The Labute approximate surface area is 223 Å². The largest absolute Gasteiger partial charge is 0.339 e. The van der Waals surface area contributed by atoms with Crippen LogP contribution in [-0.2, 0) is 16.1 Å². The number of carbonyl (C=O) groups is 3. The molecule has 3 heterocycles. The first kappa shape index (κ1) is 25.7. The van der Waals surface area contributed by atoms with Crippen molar-refractivity contribution in [3.63, 3.8) is 0 Å². The molecule has 0 saturated carbocycles. The summed E-state index contributed by atoms with van der Waals surface area (Å²) in [6, 6.07) is 12.9. The lowest BCUT2D eigenvalue weighted by Gasteiger charge is -2.39. The van der Waals surface area contributed by atoms with E-state index in [2.05, 4.69) is 22.3 Å². The number of nitrogens with one attached hydrogen (secondary N) is 1. The highest BCUT2D eigenvalue weighted by atomic mass is 35.5. The van der Waals surface area contributed by atoms with Crippen LogP contribution in [0.25, 0.3) is 0 Å². The number of halogens is 1. The normalized spacial score (nSPS) is 21.0. The Bertz CT molecular complexity index is 1170. The summed E-state index contributed by atoms with van der Waals surface area (Å²) in [4.78, 5) is 45.0. The van der Waals surface area contributed by atoms with E-state index in [-0.39, 0.29) is 23.8 Å². The van der Waals surface area contributed by atoms with Crippen molar-refractivity contribution in [3.8, 4) is 0 Å². The summed E-state index contributed by atoms with van der Waals surface area (Å²) in [5, 5.41) is 3.77. The minimum absolute atomic E-state index is 0.00629. The topological polar surface area (TPSA) is 73.0 Å². The number of amides is 3. The van der Waals surface area contributed by atoms with Crippen LogP contribution in [0.1, 0.15) is 60.0 Å². The fourth-order valence-electron chi connectivity index (χ4n) is 5.90. The van der Waals surface area contributed by atoms with Crippen molar-refractivity contribution in [2.75, 3.05) is 31.5 Å². The minimum atomic E-state index is -0.471. The number of likely N-dealkylation sites (tertiary alicyclic amines) is 3. The van der Waals surface area contributed by atoms with Crippen molar-refractivity contribution in [2.24, 2.45) is 0 Å². The third kappa shape index (κ3) is 5.83. The van der Waals surface area contributed by atoms with Crippen LogP contribution < -0.4 is 5.32 Å². The Kier molecular flexibility index (Phi) is 7.81. The molecule has 3 aliphatic rings. The molecule has 3 saturated heterocycles. The molecule has 1 N–H and O–H groups in total. The Hall–Kier alpha value is -2.90. The fourth-order valence-corrected chi connectivity index (χ4v) is 6.01. The maximum atomic E-state index is 13.3. The predicted octanol–water partition coefficient (Wildman–Crippen LogP) is 4.48. The molecule has 8 heteroatoms. The van der Waals surface area contributed by atoms with Gasteiger partial charge in [0.2, 0.25) is 11.8 Å². The number of anilines is 1. The van der Waals surface area contributed by atoms with Crippen LogP contribution in [0.2, 0.25) is 5.02 Å². The quantitative estimate of drug-likeness (QED) is 0.607. The van der Waals surface area contributed by atoms with Crippen molar-refractivity contribution in [1.29, 1.82) is 0 Å². The molecule has 37 heavy (non-hydrogen) atoms. The second kappa shape index (κ2) is 11.2. The van der Waals surface area contributed by atoms with E-state index in [0.717, 1.165) is 69.0 Å². The lowest BCUT2D eigenvalue weighted by atomic mass is 10.0. The molecule has 7 nitrogen and oxygen atoms in total. The summed E-state index contributed by atoms with van der Waals surface area (Å²) in [5.41, 5.74) is 3.50. The smallest absolute Gasteiger partial charge is 0.253 e. The van der Waals surface area contributed by atoms with Crippen LogP contribution in [0.5, 0.6) is 0 Å². The lowest BCUT2D eigenvalue weighted by Crippen LogP contribution is -2.51. The lowest BCUT2D eigenvalue weighted by molar-refractivity contribution is -0.136. The number of aryl methyl sites for hydroxylation is 1. The Morgan fingerprint density at radius 1 is 1.00 bits per heavy atom. The van der Waals surface area contributed by atoms with Crippen LogP contribution in [-0.4, -0.2) is 70.7 Å². The molecule has 0 bridgehead atoms. The molecule has 0 radical (unpaired) electrons. The summed E-state index contributed by atoms with van der Waals surface area (Å²) in [6.07, 6.45) is 4.70. The van der Waals surface area contributed by atoms with Gasteiger partial charge in [-0.05, 0) is 74.4 Å². The molecule has 3 aliphatic heterocycles. The molecule has 0 aromatic heterocycles. The highest BCUT2D eigenvalue weighted by Crippen LogP contribution is 2.29. The van der Waals surface area contributed by atoms with E-state index in [1.54, 1.807) is 24.3 Å². The van der Waals surface area contributed by atoms with Crippen molar-refractivity contribution < 1.29 is 14.4 Å². The maximum Gasteiger partial charge on any atom is 0.253 e. The van der Waals surface area contributed by atoms with Crippen LogP contribution in [0.3, 0.4) is 0 Å². The summed E-state index contributed by atoms with van der Waals surface area (Å²) >= 11 is 6.17. The zero-order valence-corrected chi connectivity index (χ0v) is 22.2. The van der Waals surface area contributed by atoms with Crippen LogP contribution in [0.15, 0.2) is 42.5 Å². The van der Waals surface area contributed by atoms with Crippen molar-refractivity contribution in [2.45, 2.75) is 64.1 Å². The monoisotopic (exact) mass is 522 g/mol. The summed E-state index contributed by atoms with van der Waals surface area (Å²) in [5.74, 6) is -0.104. The first-order valence-corrected chi connectivity index (χ1v) is 13.8. The van der Waals surface area contributed by atoms with E-state index in [1.807, 2.05) is 22.8 Å². The number of benzene rings is 2. The van der Waals surface area contributed by atoms with E-state index in [1.165, 1.54) is 5.56 Å². The van der Waals surface area contributed by atoms with Gasteiger partial charge in [0, 0.05) is 61.5 Å². The van der Waals surface area contributed by atoms with Crippen molar-refractivity contribution >= 4 is 35.0 Å². The number of hydrogen-bond acceptors (Lipinski definition) is 4. The molecule has 3 fully saturated rings. The van der Waals surface area contributed by atoms with Gasteiger partial charge in [0.25, 0.3) is 5.91 Å². The number of rotatable bonds is 6. The zero-order chi connectivity index (χ0) is 25.9. The van der Waals surface area contributed by atoms with Gasteiger partial charge in [-0.1, -0.05) is 29.8 Å². The molecule has 3 amide bonds. The molecule has 5 rings (SSSR count). The Morgan fingerprint density at radius 2 is 1.76 bits per heavy atom. The number of nitrogens with zero attached hydrogens (tertiary/aromatic N) is 3. The second-order valence-corrected chi connectivity index (χ2v) is 10.9. The van der Waals surface area contributed by atoms with E-state index in [4.69, 9.17) is 11.6 Å². The van der Waals surface area contributed by atoms with Gasteiger partial charge in [0.15, 0.2) is 0 Å². The average molecular weight is 523 g/mol. The summed E-state index contributed by atoms with van der Waals surface area (Å²) in [7, 11) is 0. The van der Waals surface area contributed by atoms with Gasteiger partial charge in [-0.2, -0.15) is 0 Å². The average Bonchev–Trinajstić information content (AvgIpc) is 3.57. The number of piperidine rings is 1. The Balaban J connectivity index is 1.19. The highest BCUT2D eigenvalue weighted by molar-refractivity contribution is 6.31. The molecule has 0 unspecified atom stereocenters. The summed E-state index contributed by atoms with van der Waals surface area (Å²) < 4.78 is 0. The standard InChI is InChI=1S/C29H35ClN4O3/c1-20-17-21(7-8-25(20)30)19-32-15-11-24(12-16-32)34-26(9-10-27(34)35)28(36)31-23-6-4-5-22(18-23)29(37)33-13-2-3-14-33/h4-8,17-18,24,26H,2-3,9-16,19H2,1H3,(H,31,36)/t26-/m0/s1. The molecule has 0 spiro atoms. The van der Waals surface area contributed by atoms with Gasteiger partial charge in [-0.15, -0.1) is 0 Å². The van der Waals surface area contributed by atoms with Gasteiger partial charge in [0.05, 0.1) is 0 Å². The molecular weight excluding hydrogens is 488 g/mol. The fraction of sp³-hybridized carbons (Fsp3) is 0.483. The third-order valence-electron chi connectivity index (χ3n) is 7.91. The second-order valence-electron chi connectivity index (χ2n) is 10.5. The highest BCUT2D eigenvalue weighted by Gasteiger charge is 2.41. The van der Waals surface area contributed by atoms with Gasteiger partial charge >= 0.3 is 0 Å². The third-order valence-corrected chi connectivity index (χ3v) is 8.33. The molecular formula is C29H35ClN4O3. The van der Waals surface area contributed by atoms with Gasteiger partial charge in [-0.3, -0.25) is 19.3 Å². The van der Waals surface area contributed by atoms with Gasteiger partial charge in [-0.25, -0.2) is 0 Å². The minimum Gasteiger partial charge on any atom is -0.339 e. The molecule has 2 aromatic rings. The zero-order valence-electron chi connectivity index (χ0n) is 21.4. The summed E-state index contributed by atoms with van der Waals surface area (Å²) in [6.45, 7) is 6.20. The first-order valence-electron chi connectivity index (χ1n) is 13.4. The number of carbonyl (C=O) groups excluding carboxylic acids is 3. The van der Waals surface area contributed by atoms with Crippen molar-refractivity contribution in [1.82, 2.24) is 14.7 Å². The molecule has 2 aromatic carbocycles. The molecule has 0 aliphatic carbocycles. The van der Waals surface area contributed by atoms with Crippen LogP contribution in [0, 0.1) is 6.92 Å². The van der Waals surface area contributed by atoms with Gasteiger partial charge < -0.3 is 15.1 Å². The van der Waals surface area contributed by atoms with E-state index in [9.17, 15) is 14.4 Å². The number of hydrogen-bond donors (Lipinski definition) is 1. The predicted molar refractivity (Wildman–Crippen MR) is 145 cm³/mol. The van der Waals surface area contributed by atoms with Gasteiger partial charge in [0.1, 0.15) is 6.04 Å². The molecule has 1 atom stereocenters. The molecule has 196 valence electrons. The maximum absolute atomic E-state index is 13.3. The van der Waals surface area contributed by atoms with Crippen molar-refractivity contribution in [3.05, 3.63) is 64.2 Å². The Morgan fingerprint density at radius 3 is 2.49 bits per heavy atom. The van der Waals surface area contributed by atoms with E-state index >= 15 is 0 Å².